The predicted octanol–water partition coefficient (Wildman–Crippen LogP) is 1.94. The maximum absolute atomic E-state index is 11.2. The molecule has 1 rings (SSSR count). The lowest BCUT2D eigenvalue weighted by molar-refractivity contribution is 0.0597. The molecule has 0 fully saturated rings. The lowest BCUT2D eigenvalue weighted by atomic mass is 10.0. The van der Waals surface area contributed by atoms with Gasteiger partial charge in [-0.25, -0.2) is 4.79 Å². The third kappa shape index (κ3) is 4.23. The molecular weight excluding hydrogens is 208 g/mol. The number of methoxy groups -OCH3 is 2. The van der Waals surface area contributed by atoms with E-state index in [0.717, 1.165) is 0 Å². The first-order chi connectivity index (χ1) is 7.58. The first kappa shape index (κ1) is 14.3. The van der Waals surface area contributed by atoms with E-state index in [1.807, 2.05) is 0 Å². The number of rotatable bonds is 2. The number of esters is 1. The van der Waals surface area contributed by atoms with Gasteiger partial charge in [0.15, 0.2) is 5.78 Å². The fourth-order valence-corrected chi connectivity index (χ4v) is 1.08. The van der Waals surface area contributed by atoms with Crippen molar-refractivity contribution in [1.29, 1.82) is 0 Å². The summed E-state index contributed by atoms with van der Waals surface area (Å²) in [5, 5.41) is 0. The highest BCUT2D eigenvalue weighted by Gasteiger charge is 2.13. The van der Waals surface area contributed by atoms with Crippen LogP contribution in [0.3, 0.4) is 0 Å². The van der Waals surface area contributed by atoms with Gasteiger partial charge in [-0.15, -0.1) is 0 Å². The van der Waals surface area contributed by atoms with Crippen LogP contribution < -0.4 is 0 Å². The molecule has 0 heterocycles. The molecule has 0 aliphatic rings. The summed E-state index contributed by atoms with van der Waals surface area (Å²) in [4.78, 5) is 22.2. The molecule has 0 atom stereocenters. The topological polar surface area (TPSA) is 52.6 Å². The highest BCUT2D eigenvalue weighted by molar-refractivity contribution is 6.05. The molecule has 0 aliphatic carbocycles. The molecule has 0 bridgehead atoms. The summed E-state index contributed by atoms with van der Waals surface area (Å²) < 4.78 is 8.79. The molecule has 4 heteroatoms. The molecule has 4 nitrogen and oxygen atoms in total. The first-order valence-electron chi connectivity index (χ1n) is 4.66. The fraction of sp³-hybridized carbons (Fsp3) is 0.333. The van der Waals surface area contributed by atoms with E-state index >= 15 is 0 Å². The number of Topliss-reactive ketones (excluding diaryl/α,β-unsaturated/α-hetero) is 1. The molecule has 0 unspecified atom stereocenters. The third-order valence-electron chi connectivity index (χ3n) is 1.71. The highest BCUT2D eigenvalue weighted by Crippen LogP contribution is 2.10. The molecule has 0 N–H and O–H groups in total. The zero-order valence-electron chi connectivity index (χ0n) is 9.94. The van der Waals surface area contributed by atoms with Gasteiger partial charge in [0, 0.05) is 19.8 Å². The van der Waals surface area contributed by atoms with Gasteiger partial charge in [0.1, 0.15) is 0 Å². The smallest absolute Gasteiger partial charge is 0.338 e. The summed E-state index contributed by atoms with van der Waals surface area (Å²) in [5.74, 6) is -0.619. The maximum Gasteiger partial charge on any atom is 0.338 e. The number of hydrogen-bond donors (Lipinski definition) is 0. The molecule has 0 aliphatic heterocycles. The Balaban J connectivity index is 0.000000673. The molecule has 0 saturated carbocycles. The summed E-state index contributed by atoms with van der Waals surface area (Å²) in [6.45, 7) is 1.42. The minimum Gasteiger partial charge on any atom is -0.465 e. The van der Waals surface area contributed by atoms with E-state index in [4.69, 9.17) is 0 Å². The first-order valence-corrected chi connectivity index (χ1v) is 4.66. The lowest BCUT2D eigenvalue weighted by Crippen LogP contribution is -2.07. The van der Waals surface area contributed by atoms with Crippen LogP contribution >= 0.6 is 0 Å². The molecule has 0 saturated heterocycles. The molecule has 1 aromatic carbocycles. The number of benzene rings is 1. The average Bonchev–Trinajstić information content (AvgIpc) is 2.29. The van der Waals surface area contributed by atoms with Crippen molar-refractivity contribution in [3.8, 4) is 0 Å². The number of carbonyl (C=O) groups is 2. The molecular formula is C12H16O4. The van der Waals surface area contributed by atoms with Gasteiger partial charge in [-0.2, -0.15) is 0 Å². The Kier molecular flexibility index (Phi) is 6.79. The van der Waals surface area contributed by atoms with Crippen molar-refractivity contribution < 1.29 is 19.1 Å². The van der Waals surface area contributed by atoms with Crippen LogP contribution in [0.5, 0.6) is 0 Å². The Morgan fingerprint density at radius 1 is 1.00 bits per heavy atom. The number of carbonyl (C=O) groups excluding carboxylic acids is 2. The standard InChI is InChI=1S/C10H10O3.C2H6O/c1-7(11)8-5-3-4-6-9(8)10(12)13-2;1-3-2/h3-6H,1-2H3;1-2H3. The van der Waals surface area contributed by atoms with E-state index in [9.17, 15) is 9.59 Å². The number of ether oxygens (including phenoxy) is 2. The van der Waals surface area contributed by atoms with Crippen LogP contribution in [0.25, 0.3) is 0 Å². The summed E-state index contributed by atoms with van der Waals surface area (Å²) in [6, 6.07) is 6.58. The molecule has 0 radical (unpaired) electrons. The van der Waals surface area contributed by atoms with Gasteiger partial charge in [-0.3, -0.25) is 4.79 Å². The fourth-order valence-electron chi connectivity index (χ4n) is 1.08. The Hall–Kier alpha value is -1.68. The quantitative estimate of drug-likeness (QED) is 0.569. The summed E-state index contributed by atoms with van der Waals surface area (Å²) >= 11 is 0. The second-order valence-electron chi connectivity index (χ2n) is 3.00. The van der Waals surface area contributed by atoms with Gasteiger partial charge in [0.05, 0.1) is 12.7 Å². The van der Waals surface area contributed by atoms with Gasteiger partial charge in [-0.1, -0.05) is 18.2 Å². The van der Waals surface area contributed by atoms with Crippen LogP contribution in [0, 0.1) is 0 Å². The molecule has 16 heavy (non-hydrogen) atoms. The van der Waals surface area contributed by atoms with Crippen LogP contribution in [0.2, 0.25) is 0 Å². The van der Waals surface area contributed by atoms with Gasteiger partial charge >= 0.3 is 5.97 Å². The predicted molar refractivity (Wildman–Crippen MR) is 60.7 cm³/mol. The number of hydrogen-bond acceptors (Lipinski definition) is 4. The van der Waals surface area contributed by atoms with Crippen LogP contribution in [0.1, 0.15) is 27.6 Å². The van der Waals surface area contributed by atoms with Crippen molar-refractivity contribution in [3.63, 3.8) is 0 Å². The van der Waals surface area contributed by atoms with E-state index in [1.165, 1.54) is 14.0 Å². The monoisotopic (exact) mass is 224 g/mol. The van der Waals surface area contributed by atoms with Crippen molar-refractivity contribution in [1.82, 2.24) is 0 Å². The molecule has 1 aromatic rings. The Bertz CT molecular complexity index is 358. The van der Waals surface area contributed by atoms with Crippen LogP contribution in [-0.2, 0) is 9.47 Å². The third-order valence-corrected chi connectivity index (χ3v) is 1.71. The summed E-state index contributed by atoms with van der Waals surface area (Å²) in [5.41, 5.74) is 0.715. The van der Waals surface area contributed by atoms with Crippen molar-refractivity contribution in [3.05, 3.63) is 35.4 Å². The largest absolute Gasteiger partial charge is 0.465 e. The van der Waals surface area contributed by atoms with Crippen LogP contribution in [0.4, 0.5) is 0 Å². The second kappa shape index (κ2) is 7.59. The Morgan fingerprint density at radius 2 is 1.44 bits per heavy atom. The molecule has 88 valence electrons. The van der Waals surface area contributed by atoms with E-state index in [1.54, 1.807) is 38.5 Å². The van der Waals surface area contributed by atoms with Gasteiger partial charge in [-0.05, 0) is 13.0 Å². The Labute approximate surface area is 95.2 Å². The van der Waals surface area contributed by atoms with E-state index < -0.39 is 5.97 Å². The van der Waals surface area contributed by atoms with Gasteiger partial charge < -0.3 is 9.47 Å². The van der Waals surface area contributed by atoms with E-state index in [-0.39, 0.29) is 5.78 Å². The maximum atomic E-state index is 11.2. The minimum absolute atomic E-state index is 0.138. The molecule has 0 spiro atoms. The SMILES string of the molecule is COC.COC(=O)c1ccccc1C(C)=O. The van der Waals surface area contributed by atoms with E-state index in [2.05, 4.69) is 9.47 Å². The van der Waals surface area contributed by atoms with Gasteiger partial charge in [0.2, 0.25) is 0 Å². The van der Waals surface area contributed by atoms with Crippen LogP contribution in [-0.4, -0.2) is 33.1 Å². The lowest BCUT2D eigenvalue weighted by Gasteiger charge is -2.03. The van der Waals surface area contributed by atoms with Crippen LogP contribution in [0.15, 0.2) is 24.3 Å². The zero-order valence-corrected chi connectivity index (χ0v) is 9.94. The summed E-state index contributed by atoms with van der Waals surface area (Å²) in [7, 11) is 4.54. The average molecular weight is 224 g/mol. The van der Waals surface area contributed by atoms with Crippen molar-refractivity contribution in [2.75, 3.05) is 21.3 Å². The van der Waals surface area contributed by atoms with Crippen molar-refractivity contribution in [2.45, 2.75) is 6.92 Å². The molecule has 0 aromatic heterocycles. The van der Waals surface area contributed by atoms with Crippen molar-refractivity contribution in [2.24, 2.45) is 0 Å². The minimum atomic E-state index is -0.481. The summed E-state index contributed by atoms with van der Waals surface area (Å²) in [6.07, 6.45) is 0. The van der Waals surface area contributed by atoms with Crippen molar-refractivity contribution >= 4 is 11.8 Å². The normalized spacial score (nSPS) is 8.75. The second-order valence-corrected chi connectivity index (χ2v) is 3.00. The Morgan fingerprint density at radius 3 is 1.81 bits per heavy atom. The van der Waals surface area contributed by atoms with Gasteiger partial charge in [0.25, 0.3) is 0 Å². The number of ketones is 1. The van der Waals surface area contributed by atoms with E-state index in [0.29, 0.717) is 11.1 Å². The molecule has 0 amide bonds. The zero-order chi connectivity index (χ0) is 12.6. The highest BCUT2D eigenvalue weighted by atomic mass is 16.5.